The highest BCUT2D eigenvalue weighted by Crippen LogP contribution is 2.26. The summed E-state index contributed by atoms with van der Waals surface area (Å²) in [7, 11) is 0. The van der Waals surface area contributed by atoms with E-state index in [1.165, 1.54) is 5.01 Å². The monoisotopic (exact) mass is 479 g/mol. The van der Waals surface area contributed by atoms with Crippen LogP contribution < -0.4 is 16.5 Å². The number of hydrogen-bond donors (Lipinski definition) is 3. The molecule has 9 nitrogen and oxygen atoms in total. The largest absolute Gasteiger partial charge is 0.460 e. The molecule has 2 amide bonds. The summed E-state index contributed by atoms with van der Waals surface area (Å²) >= 11 is 16.7. The van der Waals surface area contributed by atoms with Crippen molar-refractivity contribution in [3.63, 3.8) is 0 Å². The van der Waals surface area contributed by atoms with Crippen LogP contribution in [0.4, 0.5) is 0 Å². The van der Waals surface area contributed by atoms with Crippen LogP contribution in [-0.2, 0) is 25.5 Å². The first-order chi connectivity index (χ1) is 14.1. The lowest BCUT2D eigenvalue weighted by Crippen LogP contribution is -2.60. The number of aromatic nitrogens is 1. The Morgan fingerprint density at radius 2 is 2.17 bits per heavy atom. The van der Waals surface area contributed by atoms with Crippen molar-refractivity contribution < 1.29 is 19.1 Å². The van der Waals surface area contributed by atoms with Crippen LogP contribution >= 0.6 is 34.8 Å². The fourth-order valence-corrected chi connectivity index (χ4v) is 3.01. The van der Waals surface area contributed by atoms with E-state index in [1.807, 2.05) is 6.07 Å². The predicted octanol–water partition coefficient (Wildman–Crippen LogP) is 0.865. The number of rotatable bonds is 7. The zero-order valence-electron chi connectivity index (χ0n) is 16.3. The van der Waals surface area contributed by atoms with Crippen LogP contribution in [0.1, 0.15) is 25.3 Å². The Kier molecular flexibility index (Phi) is 9.11. The van der Waals surface area contributed by atoms with E-state index in [2.05, 4.69) is 15.7 Å². The minimum Gasteiger partial charge on any atom is -0.460 e. The number of amides is 2. The van der Waals surface area contributed by atoms with Gasteiger partial charge in [0, 0.05) is 18.9 Å². The zero-order valence-corrected chi connectivity index (χ0v) is 18.6. The van der Waals surface area contributed by atoms with Gasteiger partial charge in [-0.05, 0) is 37.8 Å². The minimum absolute atomic E-state index is 0.291. The van der Waals surface area contributed by atoms with Gasteiger partial charge in [0.15, 0.2) is 0 Å². The molecule has 166 valence electrons. The van der Waals surface area contributed by atoms with Gasteiger partial charge in [-0.15, -0.1) is 0 Å². The third-order valence-electron chi connectivity index (χ3n) is 4.36. The van der Waals surface area contributed by atoms with E-state index < -0.39 is 46.3 Å². The molecule has 2 rings (SSSR count). The van der Waals surface area contributed by atoms with Gasteiger partial charge in [0.2, 0.25) is 9.70 Å². The number of alkyl halides is 3. The molecular weight excluding hydrogens is 457 g/mol. The van der Waals surface area contributed by atoms with E-state index >= 15 is 0 Å². The molecule has 3 atom stereocenters. The highest BCUT2D eigenvalue weighted by molar-refractivity contribution is 6.67. The summed E-state index contributed by atoms with van der Waals surface area (Å²) < 4.78 is 3.25. The number of pyridine rings is 1. The molecule has 0 radical (unpaired) electrons. The highest BCUT2D eigenvalue weighted by Gasteiger charge is 2.33. The van der Waals surface area contributed by atoms with Crippen LogP contribution in [0.5, 0.6) is 0 Å². The second-order valence-corrected chi connectivity index (χ2v) is 9.45. The maximum Gasteiger partial charge on any atom is 0.325 e. The summed E-state index contributed by atoms with van der Waals surface area (Å²) in [5, 5.41) is 3.88. The lowest BCUT2D eigenvalue weighted by Gasteiger charge is -2.34. The van der Waals surface area contributed by atoms with Crippen molar-refractivity contribution in [3.05, 3.63) is 30.1 Å². The summed E-state index contributed by atoms with van der Waals surface area (Å²) in [6.45, 7) is 1.52. The van der Waals surface area contributed by atoms with Crippen molar-refractivity contribution in [2.24, 2.45) is 5.73 Å². The molecule has 0 bridgehead atoms. The first kappa shape index (κ1) is 24.6. The van der Waals surface area contributed by atoms with E-state index in [1.54, 1.807) is 25.4 Å². The average Bonchev–Trinajstić information content (AvgIpc) is 2.71. The first-order valence-electron chi connectivity index (χ1n) is 9.32. The highest BCUT2D eigenvalue weighted by atomic mass is 35.6. The number of esters is 1. The standard InChI is InChI=1S/C18H24Cl3N5O4/c1-11(24-15(27)13(22)8-12-4-2-6-23-9-12)16(28)26-7-3-5-14(25-26)17(29)30-10-18(19,20)21/h2,4,6,9,11,13-14,25H,3,5,7-8,10,22H2,1H3,(H,24,27)/t11-,13-,14-/m0/s1. The summed E-state index contributed by atoms with van der Waals surface area (Å²) in [5.41, 5.74) is 9.55. The van der Waals surface area contributed by atoms with Gasteiger partial charge in [-0.1, -0.05) is 40.9 Å². The van der Waals surface area contributed by atoms with Gasteiger partial charge in [-0.25, -0.2) is 5.43 Å². The second-order valence-electron chi connectivity index (χ2n) is 6.94. The van der Waals surface area contributed by atoms with Crippen LogP contribution in [0.15, 0.2) is 24.5 Å². The van der Waals surface area contributed by atoms with Gasteiger partial charge in [0.25, 0.3) is 5.91 Å². The smallest absolute Gasteiger partial charge is 0.325 e. The van der Waals surface area contributed by atoms with E-state index in [0.29, 0.717) is 25.8 Å². The van der Waals surface area contributed by atoms with E-state index in [9.17, 15) is 14.4 Å². The van der Waals surface area contributed by atoms with E-state index in [0.717, 1.165) is 5.56 Å². The first-order valence-corrected chi connectivity index (χ1v) is 10.5. The number of ether oxygens (including phenoxy) is 1. The summed E-state index contributed by atoms with van der Waals surface area (Å²) in [6, 6.07) is 1.13. The topological polar surface area (TPSA) is 127 Å². The quantitative estimate of drug-likeness (QED) is 0.390. The van der Waals surface area contributed by atoms with Crippen molar-refractivity contribution in [1.82, 2.24) is 20.7 Å². The van der Waals surface area contributed by atoms with Crippen molar-refractivity contribution >= 4 is 52.6 Å². The molecule has 1 aromatic rings. The van der Waals surface area contributed by atoms with Crippen LogP contribution in [0.2, 0.25) is 0 Å². The van der Waals surface area contributed by atoms with Crippen LogP contribution in [0.3, 0.4) is 0 Å². The molecule has 0 aromatic carbocycles. The third-order valence-corrected chi connectivity index (χ3v) is 4.69. The molecule has 30 heavy (non-hydrogen) atoms. The SMILES string of the molecule is C[C@H](NC(=O)[C@@H](N)Cc1cccnc1)C(=O)N1CCC[C@@H](C(=O)OCC(Cl)(Cl)Cl)N1. The number of carbonyl (C=O) groups is 3. The number of carbonyl (C=O) groups excluding carboxylic acids is 3. The average molecular weight is 481 g/mol. The molecule has 1 aliphatic heterocycles. The van der Waals surface area contributed by atoms with E-state index in [-0.39, 0.29) is 0 Å². The summed E-state index contributed by atoms with van der Waals surface area (Å²) in [6.07, 6.45) is 4.57. The maximum absolute atomic E-state index is 12.7. The number of nitrogens with zero attached hydrogens (tertiary/aromatic N) is 2. The van der Waals surface area contributed by atoms with Crippen LogP contribution in [0.25, 0.3) is 0 Å². The van der Waals surface area contributed by atoms with E-state index in [4.69, 9.17) is 45.3 Å². The Balaban J connectivity index is 1.85. The third kappa shape index (κ3) is 7.88. The Morgan fingerprint density at radius 1 is 1.43 bits per heavy atom. The minimum atomic E-state index is -1.72. The molecule has 1 saturated heterocycles. The zero-order chi connectivity index (χ0) is 22.3. The molecular formula is C18H24Cl3N5O4. The number of nitrogens with two attached hydrogens (primary N) is 1. The van der Waals surface area contributed by atoms with Crippen molar-refractivity contribution in [1.29, 1.82) is 0 Å². The van der Waals surface area contributed by atoms with Crippen LogP contribution in [-0.4, -0.2) is 62.8 Å². The lowest BCUT2D eigenvalue weighted by atomic mass is 10.1. The normalized spacial score (nSPS) is 19.0. The van der Waals surface area contributed by atoms with Gasteiger partial charge < -0.3 is 15.8 Å². The Morgan fingerprint density at radius 3 is 2.80 bits per heavy atom. The lowest BCUT2D eigenvalue weighted by molar-refractivity contribution is -0.152. The number of halogens is 3. The van der Waals surface area contributed by atoms with Gasteiger partial charge in [0.1, 0.15) is 18.7 Å². The molecule has 1 fully saturated rings. The molecule has 0 aliphatic carbocycles. The maximum atomic E-state index is 12.7. The second kappa shape index (κ2) is 11.1. The fourth-order valence-electron chi connectivity index (χ4n) is 2.85. The van der Waals surface area contributed by atoms with Crippen LogP contribution in [0, 0.1) is 0 Å². The molecule has 2 heterocycles. The van der Waals surface area contributed by atoms with Gasteiger partial charge in [0.05, 0.1) is 6.04 Å². The molecule has 0 saturated carbocycles. The molecule has 0 unspecified atom stereocenters. The molecule has 12 heteroatoms. The predicted molar refractivity (Wildman–Crippen MR) is 113 cm³/mol. The Labute approximate surface area is 189 Å². The Hall–Kier alpha value is -1.65. The van der Waals surface area contributed by atoms with Crippen molar-refractivity contribution in [2.45, 2.75) is 48.1 Å². The van der Waals surface area contributed by atoms with Gasteiger partial charge >= 0.3 is 5.97 Å². The van der Waals surface area contributed by atoms with Crippen molar-refractivity contribution in [2.75, 3.05) is 13.2 Å². The molecule has 1 aliphatic rings. The summed E-state index contributed by atoms with van der Waals surface area (Å²) in [5.74, 6) is -1.50. The number of hydrazine groups is 1. The van der Waals surface area contributed by atoms with Gasteiger partial charge in [-0.3, -0.25) is 24.4 Å². The fraction of sp³-hybridized carbons (Fsp3) is 0.556. The van der Waals surface area contributed by atoms with Crippen molar-refractivity contribution in [3.8, 4) is 0 Å². The summed E-state index contributed by atoms with van der Waals surface area (Å²) in [4.78, 5) is 41.1. The molecule has 4 N–H and O–H groups in total. The number of hydrogen-bond acceptors (Lipinski definition) is 7. The molecule has 1 aromatic heterocycles. The Bertz CT molecular complexity index is 747. The van der Waals surface area contributed by atoms with Gasteiger partial charge in [-0.2, -0.15) is 0 Å². The number of nitrogens with one attached hydrogen (secondary N) is 2. The molecule has 0 spiro atoms.